The molecule has 0 fully saturated rings. The summed E-state index contributed by atoms with van der Waals surface area (Å²) in [4.78, 5) is 0. The summed E-state index contributed by atoms with van der Waals surface area (Å²) >= 11 is 0. The minimum absolute atomic E-state index is 1.57. The van der Waals surface area contributed by atoms with Crippen LogP contribution >= 0.6 is 0 Å². The zero-order chi connectivity index (χ0) is 12.7. The molecule has 1 N–H and O–H groups in total. The zero-order valence-electron chi connectivity index (χ0n) is 8.11. The van der Waals surface area contributed by atoms with Crippen molar-refractivity contribution >= 4 is 19.6 Å². The van der Waals surface area contributed by atoms with Gasteiger partial charge in [-0.1, -0.05) is 0 Å². The minimum Gasteiger partial charge on any atom is -0.379 e. The molecule has 0 aliphatic carbocycles. The van der Waals surface area contributed by atoms with Gasteiger partial charge in [0.1, 0.15) is 0 Å². The van der Waals surface area contributed by atoms with Crippen LogP contribution < -0.4 is 0 Å². The van der Waals surface area contributed by atoms with Gasteiger partial charge in [0.05, 0.1) is 0 Å². The lowest BCUT2D eigenvalue weighted by molar-refractivity contribution is -0.0510. The van der Waals surface area contributed by atoms with Crippen molar-refractivity contribution in [2.45, 2.75) is 5.51 Å². The van der Waals surface area contributed by atoms with Crippen molar-refractivity contribution in [1.29, 1.82) is 0 Å². The lowest BCUT2D eigenvalue weighted by Crippen LogP contribution is -2.21. The summed E-state index contributed by atoms with van der Waals surface area (Å²) in [6.45, 7) is 0. The van der Waals surface area contributed by atoms with Gasteiger partial charge in [-0.2, -0.15) is 21.6 Å². The van der Waals surface area contributed by atoms with Crippen LogP contribution in [0.3, 0.4) is 0 Å². The van der Waals surface area contributed by atoms with Gasteiger partial charge in [0, 0.05) is 21.3 Å². The molecule has 0 saturated heterocycles. The molecule has 0 spiro atoms. The molecule has 0 saturated carbocycles. The fourth-order valence-electron chi connectivity index (χ4n) is 0.289. The van der Waals surface area contributed by atoms with Gasteiger partial charge in [-0.15, -0.1) is 0 Å². The minimum atomic E-state index is -5.84. The lowest BCUT2D eigenvalue weighted by atomic mass is 11.6. The molecular weight excluding hydrogens is 261 g/mol. The average molecular weight is 272 g/mol. The molecule has 11 heteroatoms. The normalized spacial score (nSPS) is 12.3. The highest BCUT2D eigenvalue weighted by Gasteiger charge is 2.44. The lowest BCUT2D eigenvalue weighted by Gasteiger charge is -2.05. The maximum absolute atomic E-state index is 10.7. The van der Waals surface area contributed by atoms with Crippen LogP contribution in [0, 0.1) is 0 Å². The van der Waals surface area contributed by atoms with E-state index in [1.807, 2.05) is 0 Å². The Bertz CT molecular complexity index is 242. The van der Waals surface area contributed by atoms with E-state index >= 15 is 0 Å². The van der Waals surface area contributed by atoms with Crippen molar-refractivity contribution in [2.75, 3.05) is 21.3 Å². The van der Waals surface area contributed by atoms with Crippen LogP contribution in [0.2, 0.25) is 0 Å². The van der Waals surface area contributed by atoms with E-state index in [1.165, 1.54) is 0 Å². The smallest absolute Gasteiger partial charge is 0.379 e. The molecule has 6 nitrogen and oxygen atoms in total. The van der Waals surface area contributed by atoms with Crippen LogP contribution in [0.4, 0.5) is 13.2 Å². The van der Waals surface area contributed by atoms with E-state index in [0.717, 1.165) is 0 Å². The molecule has 0 radical (unpaired) electrons. The van der Waals surface area contributed by atoms with E-state index < -0.39 is 25.2 Å². The number of halogens is 3. The van der Waals surface area contributed by atoms with Gasteiger partial charge in [0.15, 0.2) is 0 Å². The number of rotatable bonds is 3. The van der Waals surface area contributed by atoms with Crippen molar-refractivity contribution in [3.05, 3.63) is 0 Å². The largest absolute Gasteiger partial charge is 0.522 e. The third kappa shape index (κ3) is 8.77. The topological polar surface area (TPSA) is 82.1 Å². The Morgan fingerprint density at radius 1 is 1.07 bits per heavy atom. The van der Waals surface area contributed by atoms with Crippen molar-refractivity contribution in [1.82, 2.24) is 0 Å². The van der Waals surface area contributed by atoms with Gasteiger partial charge in [-0.05, 0) is 0 Å². The second-order valence-electron chi connectivity index (χ2n) is 1.92. The molecule has 0 aromatic carbocycles. The molecule has 0 rings (SSSR count). The molecule has 0 aliphatic rings. The van der Waals surface area contributed by atoms with Crippen LogP contribution in [0.1, 0.15) is 0 Å². The first-order valence-corrected chi connectivity index (χ1v) is 6.07. The Morgan fingerprint density at radius 3 is 1.27 bits per heavy atom. The van der Waals surface area contributed by atoms with Crippen LogP contribution in [-0.4, -0.2) is 49.3 Å². The van der Waals surface area contributed by atoms with Gasteiger partial charge in [-0.3, -0.25) is 4.55 Å². The van der Waals surface area contributed by atoms with E-state index in [-0.39, 0.29) is 0 Å². The quantitative estimate of drug-likeness (QED) is 0.443. The molecule has 0 unspecified atom stereocenters. The molecule has 0 aromatic heterocycles. The Labute approximate surface area is 86.7 Å². The van der Waals surface area contributed by atoms with Gasteiger partial charge in [-0.25, -0.2) is 0 Å². The summed E-state index contributed by atoms with van der Waals surface area (Å²) in [6.07, 6.45) is 0. The molecule has 15 heavy (non-hydrogen) atoms. The molecule has 0 atom stereocenters. The van der Waals surface area contributed by atoms with Crippen molar-refractivity contribution in [2.24, 2.45) is 0 Å². The third-order valence-corrected chi connectivity index (χ3v) is 2.61. The third-order valence-electron chi connectivity index (χ3n) is 0.870. The second kappa shape index (κ2) is 7.13. The first kappa shape index (κ1) is 17.2. The Morgan fingerprint density at radius 2 is 1.27 bits per heavy atom. The monoisotopic (exact) mass is 272 g/mol. The van der Waals surface area contributed by atoms with Crippen LogP contribution in [0.15, 0.2) is 0 Å². The molecule has 0 amide bonds. The van der Waals surface area contributed by atoms with Crippen molar-refractivity contribution < 1.29 is 39.4 Å². The number of hydrogen-bond donors (Lipinski definition) is 1. The summed E-state index contributed by atoms with van der Waals surface area (Å²) in [5.41, 5.74) is -5.53. The maximum atomic E-state index is 10.7. The SMILES string of the molecule is CO[SiH](OC)OC.O=S(=O)(O)C(F)(F)F. The first-order valence-electron chi connectivity index (χ1n) is 3.22. The summed E-state index contributed by atoms with van der Waals surface area (Å²) < 4.78 is 71.8. The van der Waals surface area contributed by atoms with Crippen LogP contribution in [-0.2, 0) is 23.4 Å². The van der Waals surface area contributed by atoms with Gasteiger partial charge >= 0.3 is 25.2 Å². The number of hydrogen-bond acceptors (Lipinski definition) is 5. The molecule has 94 valence electrons. The van der Waals surface area contributed by atoms with Crippen molar-refractivity contribution in [3.63, 3.8) is 0 Å². The molecule has 0 aromatic rings. The fraction of sp³-hybridized carbons (Fsp3) is 1.00. The van der Waals surface area contributed by atoms with E-state index in [4.69, 9.17) is 26.2 Å². The number of alkyl halides is 3. The Balaban J connectivity index is 0. The standard InChI is InChI=1S/C3H10O3Si.CHF3O3S/c1-4-7(5-2)6-3;2-1(3,4)8(5,6)7/h7H,1-3H3;(H,5,6,7). The molecule has 0 bridgehead atoms. The summed E-state index contributed by atoms with van der Waals surface area (Å²) in [7, 11) is -2.79. The predicted octanol–water partition coefficient (Wildman–Crippen LogP) is 0.0368. The summed E-state index contributed by atoms with van der Waals surface area (Å²) in [6, 6.07) is 0. The Kier molecular flexibility index (Phi) is 8.18. The fourth-order valence-corrected chi connectivity index (χ4v) is 0.866. The van der Waals surface area contributed by atoms with E-state index in [9.17, 15) is 13.2 Å². The second-order valence-corrected chi connectivity index (χ2v) is 5.32. The van der Waals surface area contributed by atoms with Crippen LogP contribution in [0.25, 0.3) is 0 Å². The average Bonchev–Trinajstić information content (AvgIpc) is 2.05. The summed E-state index contributed by atoms with van der Waals surface area (Å²) in [5.74, 6) is 0. The highest BCUT2D eigenvalue weighted by molar-refractivity contribution is 7.86. The van der Waals surface area contributed by atoms with Gasteiger partial charge in [0.25, 0.3) is 0 Å². The highest BCUT2D eigenvalue weighted by Crippen LogP contribution is 2.20. The van der Waals surface area contributed by atoms with Gasteiger partial charge in [0.2, 0.25) is 0 Å². The maximum Gasteiger partial charge on any atom is 0.522 e. The predicted molar refractivity (Wildman–Crippen MR) is 45.8 cm³/mol. The first-order chi connectivity index (χ1) is 6.60. The molecular formula is C4H11F3O6SSi. The zero-order valence-corrected chi connectivity index (χ0v) is 10.1. The highest BCUT2D eigenvalue weighted by atomic mass is 32.2. The van der Waals surface area contributed by atoms with E-state index in [1.54, 1.807) is 21.3 Å². The van der Waals surface area contributed by atoms with E-state index in [2.05, 4.69) is 0 Å². The summed E-state index contributed by atoms with van der Waals surface area (Å²) in [5, 5.41) is 0. The molecule has 0 heterocycles. The van der Waals surface area contributed by atoms with E-state index in [0.29, 0.717) is 0 Å². The Hall–Kier alpha value is -0.203. The van der Waals surface area contributed by atoms with Crippen molar-refractivity contribution in [3.8, 4) is 0 Å². The van der Waals surface area contributed by atoms with Crippen LogP contribution in [0.5, 0.6) is 0 Å². The van der Waals surface area contributed by atoms with Gasteiger partial charge < -0.3 is 13.3 Å². The molecule has 0 aliphatic heterocycles.